The van der Waals surface area contributed by atoms with E-state index < -0.39 is 23.7 Å². The van der Waals surface area contributed by atoms with E-state index in [4.69, 9.17) is 4.74 Å². The van der Waals surface area contributed by atoms with Crippen LogP contribution in [0.3, 0.4) is 0 Å². The van der Waals surface area contributed by atoms with Crippen LogP contribution < -0.4 is 4.90 Å². The lowest BCUT2D eigenvalue weighted by atomic mass is 10.1. The summed E-state index contributed by atoms with van der Waals surface area (Å²) in [6.45, 7) is 5.33. The van der Waals surface area contributed by atoms with Crippen LogP contribution in [-0.2, 0) is 14.3 Å². The van der Waals surface area contributed by atoms with Gasteiger partial charge in [-0.25, -0.2) is 4.79 Å². The number of carbonyl (C=O) groups is 3. The van der Waals surface area contributed by atoms with Crippen molar-refractivity contribution in [2.24, 2.45) is 0 Å². The minimum absolute atomic E-state index is 0.236. The van der Waals surface area contributed by atoms with Crippen molar-refractivity contribution in [3.8, 4) is 0 Å². The summed E-state index contributed by atoms with van der Waals surface area (Å²) in [6.07, 6.45) is 0. The van der Waals surface area contributed by atoms with E-state index in [2.05, 4.69) is 0 Å². The van der Waals surface area contributed by atoms with Crippen LogP contribution in [0.15, 0.2) is 18.2 Å². The molecule has 1 aliphatic heterocycles. The van der Waals surface area contributed by atoms with Crippen LogP contribution in [0, 0.1) is 6.92 Å². The molecule has 1 heterocycles. The number of fused-ring (bicyclic) bond motifs is 1. The monoisotopic (exact) mass is 261 g/mol. The standard InChI is InChI=1S/C14H15NO4/c1-4-19-14(18)9(3)15-11-6-5-8(2)7-10(11)12(16)13(15)17/h5-7,9H,4H2,1-3H3/t9-/m0/s1. The van der Waals surface area contributed by atoms with Gasteiger partial charge in [-0.2, -0.15) is 0 Å². The molecular formula is C14H15NO4. The van der Waals surface area contributed by atoms with Crippen molar-refractivity contribution in [2.45, 2.75) is 26.8 Å². The molecular weight excluding hydrogens is 246 g/mol. The smallest absolute Gasteiger partial charge is 0.328 e. The number of carbonyl (C=O) groups excluding carboxylic acids is 3. The molecule has 0 radical (unpaired) electrons. The second kappa shape index (κ2) is 4.84. The average Bonchev–Trinajstić information content (AvgIpc) is 2.62. The molecule has 1 aromatic rings. The van der Waals surface area contributed by atoms with Crippen molar-refractivity contribution >= 4 is 23.3 Å². The van der Waals surface area contributed by atoms with Crippen molar-refractivity contribution in [3.63, 3.8) is 0 Å². The molecule has 0 bridgehead atoms. The van der Waals surface area contributed by atoms with Crippen molar-refractivity contribution in [1.29, 1.82) is 0 Å². The Morgan fingerprint density at radius 3 is 2.68 bits per heavy atom. The van der Waals surface area contributed by atoms with Crippen molar-refractivity contribution in [2.75, 3.05) is 11.5 Å². The van der Waals surface area contributed by atoms with Crippen molar-refractivity contribution in [1.82, 2.24) is 0 Å². The van der Waals surface area contributed by atoms with E-state index in [1.807, 2.05) is 6.92 Å². The van der Waals surface area contributed by atoms with Crippen LogP contribution in [0.5, 0.6) is 0 Å². The third-order valence-electron chi connectivity index (χ3n) is 3.08. The number of nitrogens with zero attached hydrogens (tertiary/aromatic N) is 1. The van der Waals surface area contributed by atoms with Gasteiger partial charge >= 0.3 is 5.97 Å². The molecule has 0 fully saturated rings. The molecule has 0 aromatic heterocycles. The van der Waals surface area contributed by atoms with Crippen LogP contribution >= 0.6 is 0 Å². The zero-order chi connectivity index (χ0) is 14.2. The third-order valence-corrected chi connectivity index (χ3v) is 3.08. The molecule has 0 saturated carbocycles. The molecule has 0 N–H and O–H groups in total. The maximum absolute atomic E-state index is 12.0. The Balaban J connectivity index is 2.41. The largest absolute Gasteiger partial charge is 0.464 e. The lowest BCUT2D eigenvalue weighted by Crippen LogP contribution is -2.43. The Labute approximate surface area is 111 Å². The van der Waals surface area contributed by atoms with Crippen LogP contribution in [0.25, 0.3) is 0 Å². The molecule has 1 aromatic carbocycles. The first-order valence-corrected chi connectivity index (χ1v) is 6.12. The average molecular weight is 261 g/mol. The van der Waals surface area contributed by atoms with E-state index in [1.54, 1.807) is 32.0 Å². The van der Waals surface area contributed by atoms with Gasteiger partial charge in [0.25, 0.3) is 11.7 Å². The topological polar surface area (TPSA) is 63.7 Å². The number of Topliss-reactive ketones (excluding diaryl/α,β-unsaturated/α-hetero) is 1. The first-order chi connectivity index (χ1) is 8.97. The number of hydrogen-bond acceptors (Lipinski definition) is 4. The fourth-order valence-electron chi connectivity index (χ4n) is 2.13. The second-order valence-corrected chi connectivity index (χ2v) is 4.45. The molecule has 0 saturated heterocycles. The SMILES string of the molecule is CCOC(=O)[C@H](C)N1C(=O)C(=O)c2cc(C)ccc21. The second-order valence-electron chi connectivity index (χ2n) is 4.45. The number of esters is 1. The fraction of sp³-hybridized carbons (Fsp3) is 0.357. The fourth-order valence-corrected chi connectivity index (χ4v) is 2.13. The van der Waals surface area contributed by atoms with Gasteiger partial charge in [0.15, 0.2) is 0 Å². The molecule has 1 amide bonds. The normalized spacial score (nSPS) is 15.4. The van der Waals surface area contributed by atoms with E-state index in [0.717, 1.165) is 5.56 Å². The minimum atomic E-state index is -0.805. The van der Waals surface area contributed by atoms with Gasteiger partial charge in [0.1, 0.15) is 6.04 Å². The van der Waals surface area contributed by atoms with Crippen molar-refractivity contribution in [3.05, 3.63) is 29.3 Å². The number of benzene rings is 1. The summed E-state index contributed by atoms with van der Waals surface area (Å²) in [4.78, 5) is 36.8. The first kappa shape index (κ1) is 13.3. The number of hydrogen-bond donors (Lipinski definition) is 0. The summed E-state index contributed by atoms with van der Waals surface area (Å²) in [6, 6.07) is 4.34. The number of aryl methyl sites for hydroxylation is 1. The van der Waals surface area contributed by atoms with Crippen molar-refractivity contribution < 1.29 is 19.1 Å². The molecule has 5 nitrogen and oxygen atoms in total. The summed E-state index contributed by atoms with van der Waals surface area (Å²) < 4.78 is 4.89. The maximum atomic E-state index is 12.0. The number of ether oxygens (including phenoxy) is 1. The number of rotatable bonds is 3. The third kappa shape index (κ3) is 2.12. The lowest BCUT2D eigenvalue weighted by molar-refractivity contribution is -0.145. The van der Waals surface area contributed by atoms with Gasteiger partial charge in [-0.1, -0.05) is 11.6 Å². The van der Waals surface area contributed by atoms with Gasteiger partial charge in [0, 0.05) is 0 Å². The quantitative estimate of drug-likeness (QED) is 0.610. The lowest BCUT2D eigenvalue weighted by Gasteiger charge is -2.22. The van der Waals surface area contributed by atoms with Crippen LogP contribution in [0.4, 0.5) is 5.69 Å². The van der Waals surface area contributed by atoms with E-state index in [0.29, 0.717) is 11.3 Å². The zero-order valence-electron chi connectivity index (χ0n) is 11.1. The molecule has 100 valence electrons. The molecule has 19 heavy (non-hydrogen) atoms. The van der Waals surface area contributed by atoms with Crippen LogP contribution in [0.2, 0.25) is 0 Å². The van der Waals surface area contributed by atoms with Gasteiger partial charge in [-0.3, -0.25) is 14.5 Å². The Morgan fingerprint density at radius 2 is 2.05 bits per heavy atom. The Kier molecular flexibility index (Phi) is 3.38. The Morgan fingerprint density at radius 1 is 1.37 bits per heavy atom. The van der Waals surface area contributed by atoms with E-state index >= 15 is 0 Å². The van der Waals surface area contributed by atoms with E-state index in [9.17, 15) is 14.4 Å². The van der Waals surface area contributed by atoms with Gasteiger partial charge in [0.2, 0.25) is 0 Å². The molecule has 1 atom stereocenters. The van der Waals surface area contributed by atoms with E-state index in [-0.39, 0.29) is 6.61 Å². The highest BCUT2D eigenvalue weighted by Crippen LogP contribution is 2.31. The maximum Gasteiger partial charge on any atom is 0.328 e. The predicted molar refractivity (Wildman–Crippen MR) is 69.1 cm³/mol. The zero-order valence-corrected chi connectivity index (χ0v) is 11.1. The Hall–Kier alpha value is -2.17. The molecule has 0 unspecified atom stereocenters. The minimum Gasteiger partial charge on any atom is -0.464 e. The molecule has 5 heteroatoms. The summed E-state index contributed by atoms with van der Waals surface area (Å²) in [5.74, 6) is -1.77. The molecule has 2 rings (SSSR count). The van der Waals surface area contributed by atoms with Crippen LogP contribution in [0.1, 0.15) is 29.8 Å². The van der Waals surface area contributed by atoms with Gasteiger partial charge in [-0.15, -0.1) is 0 Å². The summed E-state index contributed by atoms with van der Waals surface area (Å²) in [5, 5.41) is 0. The van der Waals surface area contributed by atoms with Gasteiger partial charge in [-0.05, 0) is 32.9 Å². The molecule has 0 spiro atoms. The van der Waals surface area contributed by atoms with Gasteiger partial charge < -0.3 is 4.74 Å². The summed E-state index contributed by atoms with van der Waals surface area (Å²) >= 11 is 0. The first-order valence-electron chi connectivity index (χ1n) is 6.12. The van der Waals surface area contributed by atoms with E-state index in [1.165, 1.54) is 4.90 Å². The van der Waals surface area contributed by atoms with Gasteiger partial charge in [0.05, 0.1) is 17.9 Å². The summed E-state index contributed by atoms with van der Waals surface area (Å²) in [7, 11) is 0. The Bertz CT molecular complexity index is 565. The number of amides is 1. The highest BCUT2D eigenvalue weighted by atomic mass is 16.5. The highest BCUT2D eigenvalue weighted by molar-refractivity contribution is 6.52. The predicted octanol–water partition coefficient (Wildman–Crippen LogP) is 1.48. The molecule has 0 aliphatic carbocycles. The molecule has 1 aliphatic rings. The van der Waals surface area contributed by atoms with Crippen LogP contribution in [-0.4, -0.2) is 30.3 Å². The number of ketones is 1. The highest BCUT2D eigenvalue weighted by Gasteiger charge is 2.41. The summed E-state index contributed by atoms with van der Waals surface area (Å²) in [5.41, 5.74) is 1.72. The number of anilines is 1.